The molecule has 1 N–H and O–H groups in total. The highest BCUT2D eigenvalue weighted by atomic mass is 35.5. The first-order valence-corrected chi connectivity index (χ1v) is 7.46. The minimum atomic E-state index is -0.387. The zero-order valence-electron chi connectivity index (χ0n) is 12.4. The number of aromatic nitrogens is 2. The van der Waals surface area contributed by atoms with Crippen LogP contribution in [0.2, 0.25) is 5.02 Å². The van der Waals surface area contributed by atoms with Gasteiger partial charge in [-0.25, -0.2) is 4.39 Å². The van der Waals surface area contributed by atoms with Crippen LogP contribution in [0.4, 0.5) is 4.39 Å². The predicted molar refractivity (Wildman–Crippen MR) is 85.9 cm³/mol. The maximum atomic E-state index is 13.6. The Hall–Kier alpha value is -2.07. The molecular weight excluding hydrogens is 303 g/mol. The van der Waals surface area contributed by atoms with Gasteiger partial charge >= 0.3 is 0 Å². The van der Waals surface area contributed by atoms with Gasteiger partial charge in [-0.15, -0.1) is 0 Å². The Morgan fingerprint density at radius 3 is 2.86 bits per heavy atom. The number of fused-ring (bicyclic) bond motifs is 1. The van der Waals surface area contributed by atoms with Gasteiger partial charge in [0.1, 0.15) is 23.9 Å². The van der Waals surface area contributed by atoms with Gasteiger partial charge in [0.25, 0.3) is 0 Å². The standard InChI is InChI=1S/C17H16ClFN2O/c1-10(2)14-7-11-6-12(18)17(8-15(11)21-14)22-9-16-13(19)4-3-5-20-16/h3-8,10,21H,9H2,1-2H3. The maximum Gasteiger partial charge on any atom is 0.148 e. The summed E-state index contributed by atoms with van der Waals surface area (Å²) in [6.45, 7) is 4.27. The van der Waals surface area contributed by atoms with E-state index >= 15 is 0 Å². The van der Waals surface area contributed by atoms with Crippen LogP contribution in [0.3, 0.4) is 0 Å². The first-order chi connectivity index (χ1) is 10.5. The number of aromatic amines is 1. The minimum Gasteiger partial charge on any atom is -0.486 e. The number of rotatable bonds is 4. The van der Waals surface area contributed by atoms with Gasteiger partial charge < -0.3 is 9.72 Å². The predicted octanol–water partition coefficient (Wildman–Crippen LogP) is 5.06. The van der Waals surface area contributed by atoms with Gasteiger partial charge in [-0.05, 0) is 30.2 Å². The molecule has 5 heteroatoms. The number of benzene rings is 1. The molecule has 0 saturated heterocycles. The van der Waals surface area contributed by atoms with Crippen LogP contribution in [0.1, 0.15) is 31.2 Å². The first-order valence-electron chi connectivity index (χ1n) is 7.09. The Kier molecular flexibility index (Phi) is 4.03. The van der Waals surface area contributed by atoms with E-state index in [2.05, 4.69) is 29.9 Å². The molecule has 0 bridgehead atoms. The molecule has 0 radical (unpaired) electrons. The monoisotopic (exact) mass is 318 g/mol. The van der Waals surface area contributed by atoms with Gasteiger partial charge in [-0.3, -0.25) is 4.98 Å². The van der Waals surface area contributed by atoms with Crippen LogP contribution in [-0.4, -0.2) is 9.97 Å². The molecule has 0 fully saturated rings. The third-order valence-corrected chi connectivity index (χ3v) is 3.81. The van der Waals surface area contributed by atoms with Gasteiger partial charge in [0.2, 0.25) is 0 Å². The van der Waals surface area contributed by atoms with Gasteiger partial charge in [-0.1, -0.05) is 25.4 Å². The van der Waals surface area contributed by atoms with Crippen LogP contribution < -0.4 is 4.74 Å². The van der Waals surface area contributed by atoms with E-state index in [4.69, 9.17) is 16.3 Å². The Labute approximate surface area is 133 Å². The average molecular weight is 319 g/mol. The smallest absolute Gasteiger partial charge is 0.148 e. The van der Waals surface area contributed by atoms with Gasteiger partial charge in [0, 0.05) is 28.9 Å². The van der Waals surface area contributed by atoms with Crippen LogP contribution in [0.25, 0.3) is 10.9 Å². The number of nitrogens with zero attached hydrogens (tertiary/aromatic N) is 1. The normalized spacial score (nSPS) is 11.3. The maximum absolute atomic E-state index is 13.6. The molecule has 0 atom stereocenters. The highest BCUT2D eigenvalue weighted by Gasteiger charge is 2.10. The van der Waals surface area contributed by atoms with Crippen LogP contribution in [-0.2, 0) is 6.61 Å². The summed E-state index contributed by atoms with van der Waals surface area (Å²) in [5.41, 5.74) is 2.34. The minimum absolute atomic E-state index is 0.0373. The summed E-state index contributed by atoms with van der Waals surface area (Å²) < 4.78 is 19.2. The number of hydrogen-bond acceptors (Lipinski definition) is 2. The van der Waals surface area contributed by atoms with Crippen molar-refractivity contribution in [2.24, 2.45) is 0 Å². The van der Waals surface area contributed by atoms with Crippen molar-refractivity contribution >= 4 is 22.5 Å². The number of ether oxygens (including phenoxy) is 1. The van der Waals surface area contributed by atoms with E-state index in [0.717, 1.165) is 16.6 Å². The zero-order chi connectivity index (χ0) is 15.7. The fraction of sp³-hybridized carbons (Fsp3) is 0.235. The summed E-state index contributed by atoms with van der Waals surface area (Å²) >= 11 is 6.25. The number of halogens is 2. The lowest BCUT2D eigenvalue weighted by molar-refractivity contribution is 0.294. The molecule has 0 saturated carbocycles. The quantitative estimate of drug-likeness (QED) is 0.730. The number of H-pyrrole nitrogens is 1. The molecule has 3 aromatic rings. The molecule has 3 rings (SSSR count). The van der Waals surface area contributed by atoms with E-state index < -0.39 is 0 Å². The molecule has 0 unspecified atom stereocenters. The van der Waals surface area contributed by atoms with E-state index in [1.807, 2.05) is 12.1 Å². The summed E-state index contributed by atoms with van der Waals surface area (Å²) in [4.78, 5) is 7.31. The highest BCUT2D eigenvalue weighted by Crippen LogP contribution is 2.32. The number of hydrogen-bond donors (Lipinski definition) is 1. The Balaban J connectivity index is 1.87. The molecule has 3 nitrogen and oxygen atoms in total. The second-order valence-electron chi connectivity index (χ2n) is 5.47. The lowest BCUT2D eigenvalue weighted by Gasteiger charge is -2.08. The summed E-state index contributed by atoms with van der Waals surface area (Å²) in [7, 11) is 0. The second-order valence-corrected chi connectivity index (χ2v) is 5.88. The lowest BCUT2D eigenvalue weighted by Crippen LogP contribution is -2.01. The van der Waals surface area contributed by atoms with Crippen molar-refractivity contribution in [2.45, 2.75) is 26.4 Å². The van der Waals surface area contributed by atoms with Crippen LogP contribution in [0, 0.1) is 5.82 Å². The SMILES string of the molecule is CC(C)c1cc2cc(Cl)c(OCc3ncccc3F)cc2[nH]1. The molecule has 22 heavy (non-hydrogen) atoms. The molecule has 2 heterocycles. The molecule has 114 valence electrons. The van der Waals surface area contributed by atoms with E-state index in [9.17, 15) is 4.39 Å². The Bertz CT molecular complexity index is 814. The fourth-order valence-electron chi connectivity index (χ4n) is 2.25. The molecule has 1 aromatic carbocycles. The van der Waals surface area contributed by atoms with Crippen LogP contribution in [0.5, 0.6) is 5.75 Å². The lowest BCUT2D eigenvalue weighted by atomic mass is 10.1. The topological polar surface area (TPSA) is 37.9 Å². The molecule has 0 amide bonds. The van der Waals surface area contributed by atoms with Crippen molar-refractivity contribution in [1.29, 1.82) is 0 Å². The first kappa shape index (κ1) is 14.9. The Morgan fingerprint density at radius 2 is 2.14 bits per heavy atom. The fourth-order valence-corrected chi connectivity index (χ4v) is 2.47. The largest absolute Gasteiger partial charge is 0.486 e. The number of pyridine rings is 1. The van der Waals surface area contributed by atoms with Crippen molar-refractivity contribution < 1.29 is 9.13 Å². The van der Waals surface area contributed by atoms with Crippen LogP contribution >= 0.6 is 11.6 Å². The molecule has 0 aliphatic carbocycles. The van der Waals surface area contributed by atoms with Crippen molar-refractivity contribution in [2.75, 3.05) is 0 Å². The molecule has 0 aliphatic rings. The molecular formula is C17H16ClFN2O. The van der Waals surface area contributed by atoms with E-state index in [-0.39, 0.29) is 18.1 Å². The van der Waals surface area contributed by atoms with Crippen molar-refractivity contribution in [3.05, 3.63) is 58.8 Å². The average Bonchev–Trinajstić information content (AvgIpc) is 2.89. The number of nitrogens with one attached hydrogen (secondary N) is 1. The van der Waals surface area contributed by atoms with E-state index in [1.165, 1.54) is 12.3 Å². The molecule has 0 aliphatic heterocycles. The molecule has 2 aromatic heterocycles. The van der Waals surface area contributed by atoms with Crippen molar-refractivity contribution in [3.63, 3.8) is 0 Å². The van der Waals surface area contributed by atoms with Gasteiger partial charge in [-0.2, -0.15) is 0 Å². The molecule has 0 spiro atoms. The zero-order valence-corrected chi connectivity index (χ0v) is 13.1. The summed E-state index contributed by atoms with van der Waals surface area (Å²) in [5.74, 6) is 0.524. The summed E-state index contributed by atoms with van der Waals surface area (Å²) in [5, 5.41) is 1.53. The van der Waals surface area contributed by atoms with Crippen LogP contribution in [0.15, 0.2) is 36.5 Å². The summed E-state index contributed by atoms with van der Waals surface area (Å²) in [6.07, 6.45) is 1.53. The highest BCUT2D eigenvalue weighted by molar-refractivity contribution is 6.32. The van der Waals surface area contributed by atoms with Gasteiger partial charge in [0.05, 0.1) is 5.02 Å². The second kappa shape index (κ2) is 5.97. The van der Waals surface area contributed by atoms with Crippen molar-refractivity contribution in [1.82, 2.24) is 9.97 Å². The third kappa shape index (κ3) is 2.92. The summed E-state index contributed by atoms with van der Waals surface area (Å²) in [6, 6.07) is 8.67. The third-order valence-electron chi connectivity index (χ3n) is 3.52. The van der Waals surface area contributed by atoms with E-state index in [1.54, 1.807) is 6.07 Å². The van der Waals surface area contributed by atoms with Crippen molar-refractivity contribution in [3.8, 4) is 5.75 Å². The Morgan fingerprint density at radius 1 is 1.32 bits per heavy atom. The van der Waals surface area contributed by atoms with E-state index in [0.29, 0.717) is 16.7 Å². The van der Waals surface area contributed by atoms with Gasteiger partial charge in [0.15, 0.2) is 0 Å².